The SMILES string of the molecule is CCNCC(c1cc(CC)ccc1OC)N(C)C. The molecule has 1 unspecified atom stereocenters. The predicted molar refractivity (Wildman–Crippen MR) is 77.3 cm³/mol. The highest BCUT2D eigenvalue weighted by molar-refractivity contribution is 5.39. The van der Waals surface area contributed by atoms with Gasteiger partial charge in [0.2, 0.25) is 0 Å². The number of benzene rings is 1. The number of aryl methyl sites for hydroxylation is 1. The van der Waals surface area contributed by atoms with Gasteiger partial charge in [0.05, 0.1) is 13.2 Å². The molecule has 0 bridgehead atoms. The second-order valence-corrected chi connectivity index (χ2v) is 4.72. The van der Waals surface area contributed by atoms with Gasteiger partial charge in [0.25, 0.3) is 0 Å². The topological polar surface area (TPSA) is 24.5 Å². The number of likely N-dealkylation sites (N-methyl/N-ethyl adjacent to an activating group) is 2. The number of hydrogen-bond donors (Lipinski definition) is 1. The van der Waals surface area contributed by atoms with Crippen LogP contribution in [-0.2, 0) is 6.42 Å². The third kappa shape index (κ3) is 3.72. The van der Waals surface area contributed by atoms with Crippen molar-refractivity contribution in [3.8, 4) is 5.75 Å². The van der Waals surface area contributed by atoms with Crippen molar-refractivity contribution < 1.29 is 4.74 Å². The molecule has 0 radical (unpaired) electrons. The lowest BCUT2D eigenvalue weighted by Gasteiger charge is -2.27. The largest absolute Gasteiger partial charge is 0.496 e. The summed E-state index contributed by atoms with van der Waals surface area (Å²) < 4.78 is 5.50. The summed E-state index contributed by atoms with van der Waals surface area (Å²) in [5, 5.41) is 3.42. The van der Waals surface area contributed by atoms with Gasteiger partial charge in [0.1, 0.15) is 5.75 Å². The third-order valence-corrected chi connectivity index (χ3v) is 3.27. The average molecular weight is 250 g/mol. The Balaban J connectivity index is 3.07. The molecule has 1 aromatic carbocycles. The van der Waals surface area contributed by atoms with Crippen LogP contribution in [0.4, 0.5) is 0 Å². The normalized spacial score (nSPS) is 12.8. The zero-order valence-corrected chi connectivity index (χ0v) is 12.3. The molecule has 0 spiro atoms. The van der Waals surface area contributed by atoms with Crippen molar-refractivity contribution >= 4 is 0 Å². The van der Waals surface area contributed by atoms with Crippen molar-refractivity contribution in [3.63, 3.8) is 0 Å². The van der Waals surface area contributed by atoms with Gasteiger partial charge in [-0.25, -0.2) is 0 Å². The molecular formula is C15H26N2O. The fourth-order valence-corrected chi connectivity index (χ4v) is 2.12. The summed E-state index contributed by atoms with van der Waals surface area (Å²) in [5.74, 6) is 0.976. The molecule has 18 heavy (non-hydrogen) atoms. The van der Waals surface area contributed by atoms with Crippen LogP contribution in [0, 0.1) is 0 Å². The van der Waals surface area contributed by atoms with E-state index in [0.29, 0.717) is 6.04 Å². The minimum atomic E-state index is 0.339. The molecule has 0 saturated heterocycles. The zero-order chi connectivity index (χ0) is 13.5. The van der Waals surface area contributed by atoms with Crippen LogP contribution in [-0.4, -0.2) is 39.2 Å². The van der Waals surface area contributed by atoms with E-state index in [0.717, 1.165) is 25.3 Å². The van der Waals surface area contributed by atoms with Crippen LogP contribution in [0.15, 0.2) is 18.2 Å². The summed E-state index contributed by atoms with van der Waals surface area (Å²) in [6.45, 7) is 6.24. The van der Waals surface area contributed by atoms with Gasteiger partial charge >= 0.3 is 0 Å². The van der Waals surface area contributed by atoms with Crippen LogP contribution in [0.1, 0.15) is 31.0 Å². The predicted octanol–water partition coefficient (Wildman–Crippen LogP) is 2.47. The second kappa shape index (κ2) is 7.39. The number of methoxy groups -OCH3 is 1. The Bertz CT molecular complexity index is 364. The first kappa shape index (κ1) is 15.0. The lowest BCUT2D eigenvalue weighted by Crippen LogP contribution is -2.31. The molecule has 102 valence electrons. The van der Waals surface area contributed by atoms with Gasteiger partial charge in [-0.2, -0.15) is 0 Å². The van der Waals surface area contributed by atoms with Crippen molar-refractivity contribution in [2.24, 2.45) is 0 Å². The molecular weight excluding hydrogens is 224 g/mol. The molecule has 3 heteroatoms. The van der Waals surface area contributed by atoms with Gasteiger partial charge in [-0.1, -0.05) is 26.0 Å². The van der Waals surface area contributed by atoms with Crippen LogP contribution >= 0.6 is 0 Å². The molecule has 0 aliphatic carbocycles. The summed E-state index contributed by atoms with van der Waals surface area (Å²) in [7, 11) is 5.96. The molecule has 1 rings (SSSR count). The van der Waals surface area contributed by atoms with Crippen LogP contribution in [0.25, 0.3) is 0 Å². The molecule has 3 nitrogen and oxygen atoms in total. The maximum Gasteiger partial charge on any atom is 0.123 e. The minimum Gasteiger partial charge on any atom is -0.496 e. The Labute approximate surface area is 111 Å². The van der Waals surface area contributed by atoms with E-state index < -0.39 is 0 Å². The molecule has 0 fully saturated rings. The van der Waals surface area contributed by atoms with Crippen molar-refractivity contribution in [1.29, 1.82) is 0 Å². The van der Waals surface area contributed by atoms with E-state index in [1.807, 2.05) is 0 Å². The number of ether oxygens (including phenoxy) is 1. The fourth-order valence-electron chi connectivity index (χ4n) is 2.12. The molecule has 0 amide bonds. The van der Waals surface area contributed by atoms with E-state index >= 15 is 0 Å². The highest BCUT2D eigenvalue weighted by Crippen LogP contribution is 2.29. The van der Waals surface area contributed by atoms with Gasteiger partial charge in [0, 0.05) is 12.1 Å². The van der Waals surface area contributed by atoms with Gasteiger partial charge in [-0.05, 0) is 38.7 Å². The van der Waals surface area contributed by atoms with Gasteiger partial charge in [0.15, 0.2) is 0 Å². The highest BCUT2D eigenvalue weighted by Gasteiger charge is 2.18. The Kier molecular flexibility index (Phi) is 6.16. The summed E-state index contributed by atoms with van der Waals surface area (Å²) >= 11 is 0. The highest BCUT2D eigenvalue weighted by atomic mass is 16.5. The average Bonchev–Trinajstić information content (AvgIpc) is 2.38. The number of hydrogen-bond acceptors (Lipinski definition) is 3. The molecule has 0 aliphatic rings. The first-order valence-corrected chi connectivity index (χ1v) is 6.67. The molecule has 1 N–H and O–H groups in total. The third-order valence-electron chi connectivity index (χ3n) is 3.27. The van der Waals surface area contributed by atoms with Gasteiger partial charge < -0.3 is 15.0 Å². The smallest absolute Gasteiger partial charge is 0.123 e. The monoisotopic (exact) mass is 250 g/mol. The lowest BCUT2D eigenvalue weighted by atomic mass is 10.0. The number of rotatable bonds is 7. The Morgan fingerprint density at radius 1 is 1.28 bits per heavy atom. The summed E-state index contributed by atoms with van der Waals surface area (Å²) in [4.78, 5) is 2.24. The first-order chi connectivity index (χ1) is 8.63. The van der Waals surface area contributed by atoms with E-state index in [2.05, 4.69) is 56.4 Å². The molecule has 1 atom stereocenters. The van der Waals surface area contributed by atoms with Gasteiger partial charge in [-0.3, -0.25) is 0 Å². The summed E-state index contributed by atoms with van der Waals surface area (Å²) in [5.41, 5.74) is 2.62. The molecule has 0 aromatic heterocycles. The zero-order valence-electron chi connectivity index (χ0n) is 12.3. The standard InChI is InChI=1S/C15H26N2O/c1-6-12-8-9-15(18-5)13(10-12)14(17(3)4)11-16-7-2/h8-10,14,16H,6-7,11H2,1-5H3. The molecule has 0 heterocycles. The molecule has 0 saturated carbocycles. The minimum absolute atomic E-state index is 0.339. The van der Waals surface area contributed by atoms with Crippen molar-refractivity contribution in [2.45, 2.75) is 26.3 Å². The van der Waals surface area contributed by atoms with E-state index in [-0.39, 0.29) is 0 Å². The van der Waals surface area contributed by atoms with Crippen molar-refractivity contribution in [2.75, 3.05) is 34.3 Å². The lowest BCUT2D eigenvalue weighted by molar-refractivity contribution is 0.280. The summed E-state index contributed by atoms with van der Waals surface area (Å²) in [6, 6.07) is 6.83. The molecule has 0 aliphatic heterocycles. The maximum atomic E-state index is 5.50. The molecule has 1 aromatic rings. The van der Waals surface area contributed by atoms with Gasteiger partial charge in [-0.15, -0.1) is 0 Å². The van der Waals surface area contributed by atoms with Crippen LogP contribution in [0.5, 0.6) is 5.75 Å². The Hall–Kier alpha value is -1.06. The van der Waals surface area contributed by atoms with E-state index in [1.54, 1.807) is 7.11 Å². The number of nitrogens with zero attached hydrogens (tertiary/aromatic N) is 1. The van der Waals surface area contributed by atoms with E-state index in [9.17, 15) is 0 Å². The number of nitrogens with one attached hydrogen (secondary N) is 1. The van der Waals surface area contributed by atoms with E-state index in [4.69, 9.17) is 4.74 Å². The van der Waals surface area contributed by atoms with Crippen LogP contribution in [0.2, 0.25) is 0 Å². The maximum absolute atomic E-state index is 5.50. The fraction of sp³-hybridized carbons (Fsp3) is 0.600. The first-order valence-electron chi connectivity index (χ1n) is 6.67. The Morgan fingerprint density at radius 2 is 2.00 bits per heavy atom. The van der Waals surface area contributed by atoms with Crippen molar-refractivity contribution in [3.05, 3.63) is 29.3 Å². The second-order valence-electron chi connectivity index (χ2n) is 4.72. The summed E-state index contributed by atoms with van der Waals surface area (Å²) in [6.07, 6.45) is 1.05. The van der Waals surface area contributed by atoms with Crippen LogP contribution < -0.4 is 10.1 Å². The van der Waals surface area contributed by atoms with Crippen molar-refractivity contribution in [1.82, 2.24) is 10.2 Å². The van der Waals surface area contributed by atoms with E-state index in [1.165, 1.54) is 11.1 Å². The quantitative estimate of drug-likeness (QED) is 0.804. The Morgan fingerprint density at radius 3 is 2.50 bits per heavy atom. The van der Waals surface area contributed by atoms with Crippen LogP contribution in [0.3, 0.4) is 0 Å².